The average molecular weight is 330 g/mol. The molecule has 2 atom stereocenters. The van der Waals surface area contributed by atoms with Gasteiger partial charge in [0.1, 0.15) is 0 Å². The summed E-state index contributed by atoms with van der Waals surface area (Å²) in [5.74, 6) is 1.06. The second-order valence-electron chi connectivity index (χ2n) is 6.06. The summed E-state index contributed by atoms with van der Waals surface area (Å²) in [6, 6.07) is 7.54. The molecule has 5 nitrogen and oxygen atoms in total. The largest absolute Gasteiger partial charge is 0.459 e. The molecule has 0 N–H and O–H groups in total. The lowest BCUT2D eigenvalue weighted by Crippen LogP contribution is -2.51. The molecular formula is C17H18N2O3S. The highest BCUT2D eigenvalue weighted by atomic mass is 32.1. The zero-order chi connectivity index (χ0) is 15.8. The zero-order valence-electron chi connectivity index (χ0n) is 12.7. The van der Waals surface area contributed by atoms with Crippen LogP contribution in [0, 0.1) is 5.92 Å². The first-order valence-electron chi connectivity index (χ1n) is 7.89. The fourth-order valence-electron chi connectivity index (χ4n) is 3.21. The fraction of sp³-hybridized carbons (Fsp3) is 0.412. The first-order valence-corrected chi connectivity index (χ1v) is 8.77. The monoisotopic (exact) mass is 330 g/mol. The molecule has 1 aliphatic carbocycles. The molecule has 0 radical (unpaired) electrons. The quantitative estimate of drug-likeness (QED) is 0.868. The fourth-order valence-corrected chi connectivity index (χ4v) is 4.11. The van der Waals surface area contributed by atoms with Gasteiger partial charge < -0.3 is 14.2 Å². The van der Waals surface area contributed by atoms with Crippen LogP contribution < -0.4 is 0 Å². The molecule has 2 aromatic heterocycles. The van der Waals surface area contributed by atoms with Crippen molar-refractivity contribution in [1.29, 1.82) is 0 Å². The van der Waals surface area contributed by atoms with Crippen LogP contribution in [0.25, 0.3) is 0 Å². The second-order valence-corrected chi connectivity index (χ2v) is 7.04. The highest BCUT2D eigenvalue weighted by Gasteiger charge is 2.46. The Bertz CT molecular complexity index is 688. The van der Waals surface area contributed by atoms with Crippen LogP contribution in [-0.2, 0) is 4.79 Å². The molecule has 6 heteroatoms. The lowest BCUT2D eigenvalue weighted by atomic mass is 10.2. The molecule has 0 unspecified atom stereocenters. The number of thiophene rings is 1. The van der Waals surface area contributed by atoms with Gasteiger partial charge in [-0.2, -0.15) is 0 Å². The SMILES string of the molecule is O=C(c1ccco1)N1CCN(C(=O)[C@H]2C[C@H]2c2cccs2)CC1. The summed E-state index contributed by atoms with van der Waals surface area (Å²) < 4.78 is 5.16. The normalized spacial score (nSPS) is 23.8. The van der Waals surface area contributed by atoms with Crippen LogP contribution >= 0.6 is 11.3 Å². The lowest BCUT2D eigenvalue weighted by molar-refractivity contribution is -0.134. The maximum absolute atomic E-state index is 12.6. The van der Waals surface area contributed by atoms with Crippen LogP contribution in [-0.4, -0.2) is 47.8 Å². The highest BCUT2D eigenvalue weighted by Crippen LogP contribution is 2.50. The van der Waals surface area contributed by atoms with Crippen molar-refractivity contribution in [3.63, 3.8) is 0 Å². The Morgan fingerprint density at radius 1 is 1.09 bits per heavy atom. The van der Waals surface area contributed by atoms with Crippen molar-refractivity contribution in [3.8, 4) is 0 Å². The predicted molar refractivity (Wildman–Crippen MR) is 86.4 cm³/mol. The summed E-state index contributed by atoms with van der Waals surface area (Å²) in [6.45, 7) is 2.36. The first-order chi connectivity index (χ1) is 11.2. The number of rotatable bonds is 3. The van der Waals surface area contributed by atoms with Crippen LogP contribution in [0.4, 0.5) is 0 Å². The van der Waals surface area contributed by atoms with Gasteiger partial charge in [-0.1, -0.05) is 6.07 Å². The van der Waals surface area contributed by atoms with Gasteiger partial charge in [-0.05, 0) is 30.0 Å². The van der Waals surface area contributed by atoms with E-state index in [1.54, 1.807) is 28.4 Å². The number of carbonyl (C=O) groups is 2. The summed E-state index contributed by atoms with van der Waals surface area (Å²) in [5.41, 5.74) is 0. The van der Waals surface area contributed by atoms with E-state index < -0.39 is 0 Å². The highest BCUT2D eigenvalue weighted by molar-refractivity contribution is 7.10. The van der Waals surface area contributed by atoms with Gasteiger partial charge in [-0.25, -0.2) is 0 Å². The molecular weight excluding hydrogens is 312 g/mol. The molecule has 2 amide bonds. The summed E-state index contributed by atoms with van der Waals surface area (Å²) >= 11 is 1.73. The molecule has 120 valence electrons. The van der Waals surface area contributed by atoms with Gasteiger partial charge in [-0.15, -0.1) is 11.3 Å². The van der Waals surface area contributed by atoms with Gasteiger partial charge in [0.2, 0.25) is 5.91 Å². The maximum atomic E-state index is 12.6. The third kappa shape index (κ3) is 2.79. The van der Waals surface area contributed by atoms with Crippen LogP contribution in [0.3, 0.4) is 0 Å². The van der Waals surface area contributed by atoms with E-state index in [0.29, 0.717) is 37.9 Å². The minimum absolute atomic E-state index is 0.0926. The average Bonchev–Trinajstić information content (AvgIpc) is 3.00. The van der Waals surface area contributed by atoms with Gasteiger partial charge in [0.15, 0.2) is 5.76 Å². The third-order valence-electron chi connectivity index (χ3n) is 4.63. The zero-order valence-corrected chi connectivity index (χ0v) is 13.5. The van der Waals surface area contributed by atoms with Crippen molar-refractivity contribution >= 4 is 23.2 Å². The molecule has 2 aliphatic rings. The molecule has 0 spiro atoms. The van der Waals surface area contributed by atoms with Crippen molar-refractivity contribution < 1.29 is 14.0 Å². The van der Waals surface area contributed by atoms with E-state index in [4.69, 9.17) is 4.42 Å². The molecule has 3 heterocycles. The molecule has 1 saturated carbocycles. The van der Waals surface area contributed by atoms with Gasteiger partial charge in [0, 0.05) is 42.9 Å². The first kappa shape index (κ1) is 14.5. The van der Waals surface area contributed by atoms with Crippen LogP contribution in [0.1, 0.15) is 27.8 Å². The maximum Gasteiger partial charge on any atom is 0.289 e. The number of furan rings is 1. The Morgan fingerprint density at radius 3 is 2.52 bits per heavy atom. The van der Waals surface area contributed by atoms with E-state index in [1.165, 1.54) is 11.1 Å². The number of hydrogen-bond donors (Lipinski definition) is 0. The van der Waals surface area contributed by atoms with Crippen molar-refractivity contribution in [2.75, 3.05) is 26.2 Å². The Balaban J connectivity index is 1.32. The summed E-state index contributed by atoms with van der Waals surface area (Å²) in [7, 11) is 0. The van der Waals surface area contributed by atoms with Gasteiger partial charge in [-0.3, -0.25) is 9.59 Å². The van der Waals surface area contributed by atoms with Gasteiger partial charge >= 0.3 is 0 Å². The number of nitrogens with zero attached hydrogens (tertiary/aromatic N) is 2. The Hall–Kier alpha value is -2.08. The topological polar surface area (TPSA) is 53.8 Å². The Kier molecular flexibility index (Phi) is 3.69. The molecule has 0 bridgehead atoms. The molecule has 4 rings (SSSR count). The second kappa shape index (κ2) is 5.85. The van der Waals surface area contributed by atoms with Crippen molar-refractivity contribution in [2.24, 2.45) is 5.92 Å². The van der Waals surface area contributed by atoms with Crippen LogP contribution in [0.15, 0.2) is 40.3 Å². The number of hydrogen-bond acceptors (Lipinski definition) is 4. The number of amides is 2. The molecule has 23 heavy (non-hydrogen) atoms. The van der Waals surface area contributed by atoms with Gasteiger partial charge in [0.25, 0.3) is 5.91 Å². The Morgan fingerprint density at radius 2 is 1.87 bits per heavy atom. The number of carbonyl (C=O) groups excluding carboxylic acids is 2. The van der Waals surface area contributed by atoms with E-state index in [2.05, 4.69) is 11.4 Å². The van der Waals surface area contributed by atoms with E-state index in [-0.39, 0.29) is 17.7 Å². The van der Waals surface area contributed by atoms with E-state index >= 15 is 0 Å². The van der Waals surface area contributed by atoms with E-state index in [9.17, 15) is 9.59 Å². The van der Waals surface area contributed by atoms with Gasteiger partial charge in [0.05, 0.1) is 6.26 Å². The standard InChI is InChI=1S/C17H18N2O3S/c20-16(13-11-12(13)15-4-2-10-23-15)18-5-7-19(8-6-18)17(21)14-3-1-9-22-14/h1-4,9-10,12-13H,5-8,11H2/t12-,13+/m1/s1. The Labute approximate surface area is 138 Å². The summed E-state index contributed by atoms with van der Waals surface area (Å²) in [5, 5.41) is 2.06. The summed E-state index contributed by atoms with van der Waals surface area (Å²) in [4.78, 5) is 29.8. The lowest BCUT2D eigenvalue weighted by Gasteiger charge is -2.34. The van der Waals surface area contributed by atoms with Crippen molar-refractivity contribution in [3.05, 3.63) is 46.5 Å². The minimum Gasteiger partial charge on any atom is -0.459 e. The number of piperazine rings is 1. The van der Waals surface area contributed by atoms with Crippen molar-refractivity contribution in [2.45, 2.75) is 12.3 Å². The molecule has 2 fully saturated rings. The predicted octanol–water partition coefficient (Wildman–Crippen LogP) is 2.43. The molecule has 1 aliphatic heterocycles. The molecule has 1 saturated heterocycles. The van der Waals surface area contributed by atoms with E-state index in [1.807, 2.05) is 11.0 Å². The third-order valence-corrected chi connectivity index (χ3v) is 5.63. The van der Waals surface area contributed by atoms with Crippen molar-refractivity contribution in [1.82, 2.24) is 9.80 Å². The van der Waals surface area contributed by atoms with E-state index in [0.717, 1.165) is 6.42 Å². The van der Waals surface area contributed by atoms with Crippen LogP contribution in [0.2, 0.25) is 0 Å². The summed E-state index contributed by atoms with van der Waals surface area (Å²) in [6.07, 6.45) is 2.47. The smallest absolute Gasteiger partial charge is 0.289 e. The minimum atomic E-state index is -0.0926. The molecule has 2 aromatic rings. The van der Waals surface area contributed by atoms with Crippen LogP contribution in [0.5, 0.6) is 0 Å². The molecule has 0 aromatic carbocycles.